The molecule has 1 aliphatic rings. The lowest BCUT2D eigenvalue weighted by molar-refractivity contribution is -0.0889. The Kier molecular flexibility index (Phi) is 2.18. The van der Waals surface area contributed by atoms with Crippen molar-refractivity contribution in [2.24, 2.45) is 0 Å². The first-order chi connectivity index (χ1) is 7.41. The van der Waals surface area contributed by atoms with Crippen LogP contribution >= 0.6 is 0 Å². The van der Waals surface area contributed by atoms with Crippen LogP contribution in [-0.4, -0.2) is 17.7 Å². The molecule has 16 heavy (non-hydrogen) atoms. The molecule has 0 radical (unpaired) electrons. The molecule has 5 heteroatoms. The molecular weight excluding hydrogens is 221 g/mol. The Bertz CT molecular complexity index is 512. The maximum absolute atomic E-state index is 12.4. The molecular formula is C11H5F3O2. The average molecular weight is 226 g/mol. The molecule has 0 heterocycles. The summed E-state index contributed by atoms with van der Waals surface area (Å²) < 4.78 is 37.3. The molecule has 0 amide bonds. The van der Waals surface area contributed by atoms with E-state index in [-0.39, 0.29) is 11.1 Å². The van der Waals surface area contributed by atoms with Crippen molar-refractivity contribution < 1.29 is 22.8 Å². The highest BCUT2D eigenvalue weighted by Gasteiger charge is 2.42. The van der Waals surface area contributed by atoms with Gasteiger partial charge in [0.1, 0.15) is 5.57 Å². The van der Waals surface area contributed by atoms with Gasteiger partial charge in [-0.2, -0.15) is 13.2 Å². The maximum atomic E-state index is 12.4. The number of alkyl halides is 3. The molecule has 0 saturated carbocycles. The summed E-state index contributed by atoms with van der Waals surface area (Å²) in [7, 11) is 0. The lowest BCUT2D eigenvalue weighted by atomic mass is 9.89. The van der Waals surface area contributed by atoms with Gasteiger partial charge in [0.15, 0.2) is 11.6 Å². The van der Waals surface area contributed by atoms with Crippen LogP contribution in [0.5, 0.6) is 0 Å². The Morgan fingerprint density at radius 3 is 2.06 bits per heavy atom. The SMILES string of the molecule is O=C1C=C(C(F)(F)F)C(=O)c2ccccc21. The van der Waals surface area contributed by atoms with Gasteiger partial charge in [-0.15, -0.1) is 0 Å². The molecule has 1 aromatic rings. The number of hydrogen-bond donors (Lipinski definition) is 0. The predicted molar refractivity (Wildman–Crippen MR) is 49.2 cm³/mol. The van der Waals surface area contributed by atoms with Crippen LogP contribution in [0.2, 0.25) is 0 Å². The number of carbonyl (C=O) groups excluding carboxylic acids is 2. The number of fused-ring (bicyclic) bond motifs is 1. The van der Waals surface area contributed by atoms with E-state index in [9.17, 15) is 22.8 Å². The lowest BCUT2D eigenvalue weighted by Gasteiger charge is -2.16. The van der Waals surface area contributed by atoms with Gasteiger partial charge in [0.05, 0.1) is 0 Å². The van der Waals surface area contributed by atoms with Crippen LogP contribution in [0, 0.1) is 0 Å². The predicted octanol–water partition coefficient (Wildman–Crippen LogP) is 2.55. The van der Waals surface area contributed by atoms with E-state index < -0.39 is 23.3 Å². The number of carbonyl (C=O) groups is 2. The standard InChI is InChI=1S/C11H5F3O2/c12-11(13,14)8-5-9(15)6-3-1-2-4-7(6)10(8)16/h1-5H. The Labute approximate surface area is 88.4 Å². The summed E-state index contributed by atoms with van der Waals surface area (Å²) >= 11 is 0. The van der Waals surface area contributed by atoms with Gasteiger partial charge in [0.2, 0.25) is 0 Å². The largest absolute Gasteiger partial charge is 0.420 e. The smallest absolute Gasteiger partial charge is 0.289 e. The number of hydrogen-bond acceptors (Lipinski definition) is 2. The topological polar surface area (TPSA) is 34.1 Å². The van der Waals surface area contributed by atoms with Crippen LogP contribution in [0.15, 0.2) is 35.9 Å². The van der Waals surface area contributed by atoms with Crippen molar-refractivity contribution in [1.82, 2.24) is 0 Å². The van der Waals surface area contributed by atoms with E-state index in [1.165, 1.54) is 24.3 Å². The first kappa shape index (κ1) is 10.6. The molecule has 0 saturated heterocycles. The van der Waals surface area contributed by atoms with Crippen molar-refractivity contribution in [1.29, 1.82) is 0 Å². The summed E-state index contributed by atoms with van der Waals surface area (Å²) in [6, 6.07) is 5.47. The summed E-state index contributed by atoms with van der Waals surface area (Å²) in [5.41, 5.74) is -1.58. The second-order valence-electron chi connectivity index (χ2n) is 3.29. The van der Waals surface area contributed by atoms with Crippen LogP contribution in [-0.2, 0) is 0 Å². The van der Waals surface area contributed by atoms with Crippen LogP contribution in [0.1, 0.15) is 20.7 Å². The van der Waals surface area contributed by atoms with Gasteiger partial charge in [0, 0.05) is 17.2 Å². The fraction of sp³-hybridized carbons (Fsp3) is 0.0909. The van der Waals surface area contributed by atoms with E-state index in [0.29, 0.717) is 6.08 Å². The third kappa shape index (κ3) is 1.54. The van der Waals surface area contributed by atoms with E-state index in [2.05, 4.69) is 0 Å². The lowest BCUT2D eigenvalue weighted by Crippen LogP contribution is -2.26. The van der Waals surface area contributed by atoms with Crippen LogP contribution in [0.4, 0.5) is 13.2 Å². The summed E-state index contributed by atoms with van der Waals surface area (Å²) in [6.07, 6.45) is -4.44. The number of rotatable bonds is 0. The van der Waals surface area contributed by atoms with Gasteiger partial charge in [0.25, 0.3) is 0 Å². The molecule has 0 fully saturated rings. The van der Waals surface area contributed by atoms with E-state index in [0.717, 1.165) is 0 Å². The summed E-state index contributed by atoms with van der Waals surface area (Å²) in [5, 5.41) is 0. The first-order valence-corrected chi connectivity index (χ1v) is 4.38. The van der Waals surface area contributed by atoms with Crippen LogP contribution in [0.3, 0.4) is 0 Å². The minimum absolute atomic E-state index is 0.0144. The number of halogens is 3. The maximum Gasteiger partial charge on any atom is 0.420 e. The van der Waals surface area contributed by atoms with Crippen LogP contribution in [0.25, 0.3) is 0 Å². The van der Waals surface area contributed by atoms with Crippen molar-refractivity contribution in [2.45, 2.75) is 6.18 Å². The van der Waals surface area contributed by atoms with Gasteiger partial charge >= 0.3 is 6.18 Å². The Morgan fingerprint density at radius 1 is 0.938 bits per heavy atom. The fourth-order valence-corrected chi connectivity index (χ4v) is 1.53. The van der Waals surface area contributed by atoms with Gasteiger partial charge in [-0.05, 0) is 0 Å². The number of ketones is 2. The minimum Gasteiger partial charge on any atom is -0.289 e. The zero-order valence-corrected chi connectivity index (χ0v) is 7.84. The van der Waals surface area contributed by atoms with E-state index in [4.69, 9.17) is 0 Å². The van der Waals surface area contributed by atoms with E-state index in [1.54, 1.807) is 0 Å². The third-order valence-electron chi connectivity index (χ3n) is 2.26. The first-order valence-electron chi connectivity index (χ1n) is 4.38. The molecule has 0 bridgehead atoms. The number of Topliss-reactive ketones (excluding diaryl/α,β-unsaturated/α-hetero) is 1. The Balaban J connectivity index is 2.61. The molecule has 82 valence electrons. The second kappa shape index (κ2) is 3.30. The van der Waals surface area contributed by atoms with Crippen molar-refractivity contribution >= 4 is 11.6 Å². The van der Waals surface area contributed by atoms with Gasteiger partial charge in [-0.1, -0.05) is 24.3 Å². The fourth-order valence-electron chi connectivity index (χ4n) is 1.53. The Hall–Kier alpha value is -1.91. The molecule has 1 aliphatic carbocycles. The zero-order valence-electron chi connectivity index (χ0n) is 7.84. The second-order valence-corrected chi connectivity index (χ2v) is 3.29. The quantitative estimate of drug-likeness (QED) is 0.681. The van der Waals surface area contributed by atoms with E-state index >= 15 is 0 Å². The molecule has 0 aromatic heterocycles. The Morgan fingerprint density at radius 2 is 1.50 bits per heavy atom. The van der Waals surface area contributed by atoms with Crippen molar-refractivity contribution in [3.8, 4) is 0 Å². The minimum atomic E-state index is -4.79. The zero-order chi connectivity index (χ0) is 11.9. The van der Waals surface area contributed by atoms with Crippen molar-refractivity contribution in [3.05, 3.63) is 47.0 Å². The third-order valence-corrected chi connectivity index (χ3v) is 2.26. The molecule has 2 rings (SSSR count). The normalized spacial score (nSPS) is 15.8. The van der Waals surface area contributed by atoms with Gasteiger partial charge in [-0.25, -0.2) is 0 Å². The van der Waals surface area contributed by atoms with Crippen molar-refractivity contribution in [3.63, 3.8) is 0 Å². The van der Waals surface area contributed by atoms with Crippen LogP contribution < -0.4 is 0 Å². The molecule has 0 atom stereocenters. The number of allylic oxidation sites excluding steroid dienone is 2. The molecule has 1 aromatic carbocycles. The molecule has 0 unspecified atom stereocenters. The molecule has 0 aliphatic heterocycles. The van der Waals surface area contributed by atoms with Gasteiger partial charge in [-0.3, -0.25) is 9.59 Å². The highest BCUT2D eigenvalue weighted by Crippen LogP contribution is 2.32. The molecule has 0 spiro atoms. The summed E-state index contributed by atoms with van der Waals surface area (Å²) in [4.78, 5) is 22.8. The van der Waals surface area contributed by atoms with E-state index in [1.807, 2.05) is 0 Å². The summed E-state index contributed by atoms with van der Waals surface area (Å²) in [6.45, 7) is 0. The molecule has 0 N–H and O–H groups in total. The highest BCUT2D eigenvalue weighted by atomic mass is 19.4. The monoisotopic (exact) mass is 226 g/mol. The number of benzene rings is 1. The summed E-state index contributed by atoms with van der Waals surface area (Å²) in [5.74, 6) is -1.94. The highest BCUT2D eigenvalue weighted by molar-refractivity contribution is 6.24. The molecule has 2 nitrogen and oxygen atoms in total. The average Bonchev–Trinajstić information content (AvgIpc) is 2.22. The van der Waals surface area contributed by atoms with Crippen molar-refractivity contribution in [2.75, 3.05) is 0 Å². The van der Waals surface area contributed by atoms with Gasteiger partial charge < -0.3 is 0 Å².